The molecular formula is C80H164O4P2S4Zn. The molecule has 0 rings (SSSR count). The molecule has 0 saturated carbocycles. The second-order valence-corrected chi connectivity index (χ2v) is 38.2. The fourth-order valence-corrected chi connectivity index (χ4v) is 16.1. The summed E-state index contributed by atoms with van der Waals surface area (Å²) in [6.07, 6.45) is 100. The van der Waals surface area contributed by atoms with Crippen molar-refractivity contribution in [3.05, 3.63) is 0 Å². The third-order valence-electron chi connectivity index (χ3n) is 19.0. The van der Waals surface area contributed by atoms with E-state index in [9.17, 15) is 0 Å². The molecule has 91 heavy (non-hydrogen) atoms. The van der Waals surface area contributed by atoms with Gasteiger partial charge in [-0.2, -0.15) is 0 Å². The number of hydrogen-bond donors (Lipinski definition) is 0. The first-order valence-corrected chi connectivity index (χ1v) is 48.7. The van der Waals surface area contributed by atoms with Crippen LogP contribution in [0.5, 0.6) is 0 Å². The van der Waals surface area contributed by atoms with Gasteiger partial charge in [0.2, 0.25) is 0 Å². The Bertz CT molecular complexity index is 1190. The van der Waals surface area contributed by atoms with E-state index in [1.165, 1.54) is 437 Å². The van der Waals surface area contributed by atoms with Gasteiger partial charge >= 0.3 is 19.5 Å². The standard InChI is InChI=1S/2C40H83O2PS2.Zn/c2*1-3-5-7-9-11-13-15-17-19-21-23-25-27-29-31-33-35-37-39-41-43(44,45)42-40-38-36-34-32-30-28-26-24-22-20-18-16-14-12-10-8-6-4-2;/h2*3-40H2,1-2H3,(H,44,45);/q;;+2/p-2. The van der Waals surface area contributed by atoms with Crippen LogP contribution in [0.25, 0.3) is 0 Å². The molecule has 0 aliphatic rings. The van der Waals surface area contributed by atoms with Crippen LogP contribution in [0.1, 0.15) is 490 Å². The zero-order valence-electron chi connectivity index (χ0n) is 62.6. The van der Waals surface area contributed by atoms with Crippen LogP contribution in [0, 0.1) is 0 Å². The second-order valence-electron chi connectivity index (χ2n) is 28.3. The Balaban J connectivity index is -0.00000168. The molecule has 0 bridgehead atoms. The molecule has 0 atom stereocenters. The predicted molar refractivity (Wildman–Crippen MR) is 422 cm³/mol. The maximum Gasteiger partial charge on any atom is 2.00 e. The Kier molecular flexibility index (Phi) is 93.0. The molecule has 0 saturated heterocycles. The van der Waals surface area contributed by atoms with Gasteiger partial charge in [-0.3, -0.25) is 0 Å². The Hall–Kier alpha value is 2.46. The van der Waals surface area contributed by atoms with Gasteiger partial charge in [0.15, 0.2) is 0 Å². The van der Waals surface area contributed by atoms with Gasteiger partial charge in [-0.25, -0.2) is 0 Å². The van der Waals surface area contributed by atoms with E-state index in [1.54, 1.807) is 0 Å². The molecule has 0 fully saturated rings. The molecule has 0 unspecified atom stereocenters. The number of hydrogen-bond acceptors (Lipinski definition) is 8. The van der Waals surface area contributed by atoms with Crippen molar-refractivity contribution >= 4 is 59.5 Å². The average molecular weight is 1450 g/mol. The summed E-state index contributed by atoms with van der Waals surface area (Å²) in [5.74, 6) is 0. The fourth-order valence-electron chi connectivity index (χ4n) is 12.8. The van der Waals surface area contributed by atoms with Crippen LogP contribution in [-0.2, 0) is 85.7 Å². The maximum atomic E-state index is 5.81. The van der Waals surface area contributed by atoms with Crippen molar-refractivity contribution in [1.82, 2.24) is 0 Å². The minimum absolute atomic E-state index is 0. The molecule has 0 aliphatic carbocycles. The Morgan fingerprint density at radius 1 is 0.165 bits per heavy atom. The summed E-state index contributed by atoms with van der Waals surface area (Å²) < 4.78 is 23.3. The number of rotatable bonds is 80. The summed E-state index contributed by atoms with van der Waals surface area (Å²) >= 11 is 21.9. The average Bonchev–Trinajstić information content (AvgIpc) is 3.70. The molecule has 544 valence electrons. The Morgan fingerprint density at radius 3 is 0.330 bits per heavy atom. The zero-order chi connectivity index (χ0) is 65.6. The summed E-state index contributed by atoms with van der Waals surface area (Å²) in [5, 5.41) is 0. The summed E-state index contributed by atoms with van der Waals surface area (Å²) in [4.78, 5) is 0. The van der Waals surface area contributed by atoms with Crippen LogP contribution in [0.2, 0.25) is 0 Å². The van der Waals surface area contributed by atoms with Crippen molar-refractivity contribution in [3.8, 4) is 0 Å². The predicted octanol–water partition coefficient (Wildman–Crippen LogP) is 31.7. The van der Waals surface area contributed by atoms with Gasteiger partial charge in [0.05, 0.1) is 37.8 Å². The van der Waals surface area contributed by atoms with E-state index in [0.29, 0.717) is 26.4 Å². The molecule has 0 aromatic heterocycles. The molecule has 0 spiro atoms. The fraction of sp³-hybridized carbons (Fsp3) is 1.00. The van der Waals surface area contributed by atoms with Gasteiger partial charge in [-0.05, 0) is 25.7 Å². The van der Waals surface area contributed by atoms with Gasteiger partial charge in [0.1, 0.15) is 0 Å². The third kappa shape index (κ3) is 92.5. The van der Waals surface area contributed by atoms with Crippen molar-refractivity contribution in [3.63, 3.8) is 0 Å². The molecule has 0 aliphatic heterocycles. The van der Waals surface area contributed by atoms with Crippen molar-refractivity contribution in [1.29, 1.82) is 0 Å². The van der Waals surface area contributed by atoms with Crippen molar-refractivity contribution < 1.29 is 37.6 Å². The van der Waals surface area contributed by atoms with Crippen LogP contribution in [0.15, 0.2) is 0 Å². The van der Waals surface area contributed by atoms with Crippen LogP contribution in [0.4, 0.5) is 0 Å². The van der Waals surface area contributed by atoms with E-state index in [0.717, 1.165) is 25.7 Å². The molecule has 4 nitrogen and oxygen atoms in total. The number of unbranched alkanes of at least 4 members (excludes halogenated alkanes) is 68. The molecule has 0 aromatic rings. The molecular weight excluding hydrogens is 1280 g/mol. The smallest absolute Gasteiger partial charge is 0.691 e. The van der Waals surface area contributed by atoms with Crippen LogP contribution in [-0.4, -0.2) is 26.4 Å². The summed E-state index contributed by atoms with van der Waals surface area (Å²) in [5.41, 5.74) is -4.92. The van der Waals surface area contributed by atoms with Gasteiger partial charge in [-0.1, -0.05) is 488 Å². The van der Waals surface area contributed by atoms with E-state index in [4.69, 9.17) is 66.2 Å². The van der Waals surface area contributed by atoms with Crippen LogP contribution >= 0.6 is 11.4 Å². The van der Waals surface area contributed by atoms with E-state index < -0.39 is 11.4 Å². The summed E-state index contributed by atoms with van der Waals surface area (Å²) in [7, 11) is 0. The second kappa shape index (κ2) is 86.7. The molecule has 0 N–H and O–H groups in total. The monoisotopic (exact) mass is 1440 g/mol. The van der Waals surface area contributed by atoms with Crippen LogP contribution < -0.4 is 0 Å². The van der Waals surface area contributed by atoms with Gasteiger partial charge in [0.25, 0.3) is 0 Å². The summed E-state index contributed by atoms with van der Waals surface area (Å²) in [6.45, 7) is 11.9. The van der Waals surface area contributed by atoms with E-state index in [2.05, 4.69) is 27.7 Å². The Labute approximate surface area is 608 Å². The zero-order valence-corrected chi connectivity index (χ0v) is 70.6. The topological polar surface area (TPSA) is 36.9 Å². The minimum atomic E-state index is -2.46. The largest absolute Gasteiger partial charge is 2.00 e. The first kappa shape index (κ1) is 97.6. The molecule has 0 aromatic carbocycles. The Morgan fingerprint density at radius 2 is 0.242 bits per heavy atom. The molecule has 0 radical (unpaired) electrons. The van der Waals surface area contributed by atoms with E-state index >= 15 is 0 Å². The summed E-state index contributed by atoms with van der Waals surface area (Å²) in [6, 6.07) is 0. The minimum Gasteiger partial charge on any atom is -0.691 e. The van der Waals surface area contributed by atoms with Gasteiger partial charge < -0.3 is 42.6 Å². The molecule has 0 amide bonds. The quantitative estimate of drug-likeness (QED) is 0.0258. The SMILES string of the molecule is CCCCCCCCCCCCCCCCCCCCOP(=S)([S-])OCCCCCCCCCCCCCCCCCCCC.CCCCCCCCCCCCCCCCCCCCOP(=S)([S-])OCCCCCCCCCCCCCCCCCCCC.[Zn+2]. The van der Waals surface area contributed by atoms with Crippen molar-refractivity contribution in [2.75, 3.05) is 26.4 Å². The van der Waals surface area contributed by atoms with Gasteiger partial charge in [-0.15, -0.1) is 0 Å². The van der Waals surface area contributed by atoms with E-state index in [1.807, 2.05) is 0 Å². The molecule has 0 heterocycles. The van der Waals surface area contributed by atoms with Crippen molar-refractivity contribution in [2.45, 2.75) is 490 Å². The normalized spacial score (nSPS) is 11.8. The first-order chi connectivity index (χ1) is 44.2. The van der Waals surface area contributed by atoms with Gasteiger partial charge in [0, 0.05) is 0 Å². The van der Waals surface area contributed by atoms with E-state index in [-0.39, 0.29) is 19.5 Å². The van der Waals surface area contributed by atoms with Crippen molar-refractivity contribution in [2.24, 2.45) is 0 Å². The third-order valence-corrected chi connectivity index (χ3v) is 23.5. The maximum absolute atomic E-state index is 5.81. The van der Waals surface area contributed by atoms with Crippen LogP contribution in [0.3, 0.4) is 0 Å². The molecule has 11 heteroatoms. The first-order valence-electron chi connectivity index (χ1n) is 41.4.